The number of ether oxygens (including phenoxy) is 1. The molecule has 1 amide bonds. The lowest BCUT2D eigenvalue weighted by Gasteiger charge is -2.36. The van der Waals surface area contributed by atoms with Gasteiger partial charge in [0.2, 0.25) is 5.91 Å². The number of para-hydroxylation sites is 2. The summed E-state index contributed by atoms with van der Waals surface area (Å²) in [6.07, 6.45) is 0.766. The molecule has 2 heterocycles. The average Bonchev–Trinajstić information content (AvgIpc) is 3.23. The Hall–Kier alpha value is -2.61. The Morgan fingerprint density at radius 1 is 1.09 bits per heavy atom. The smallest absolute Gasteiger partial charge is 0.240 e. The molecule has 1 N–H and O–H groups in total. The fraction of sp³-hybridized carbons (Fsp3) is 0.407. The van der Waals surface area contributed by atoms with E-state index in [0.29, 0.717) is 11.7 Å². The predicted octanol–water partition coefficient (Wildman–Crippen LogP) is 5.45. The molecule has 8 heteroatoms. The average molecular weight is 513 g/mol. The fourth-order valence-corrected chi connectivity index (χ4v) is 5.65. The number of nitrogens with one attached hydrogen (secondary N) is 1. The van der Waals surface area contributed by atoms with Gasteiger partial charge in [-0.1, -0.05) is 56.6 Å². The molecule has 186 valence electrons. The van der Waals surface area contributed by atoms with Crippen molar-refractivity contribution in [2.45, 2.75) is 32.6 Å². The van der Waals surface area contributed by atoms with Crippen molar-refractivity contribution in [2.75, 3.05) is 50.1 Å². The number of hydrogen-bond donors (Lipinski definition) is 1. The first kappa shape index (κ1) is 25.5. The van der Waals surface area contributed by atoms with Crippen LogP contribution in [0.5, 0.6) is 5.75 Å². The van der Waals surface area contributed by atoms with Gasteiger partial charge in [0.15, 0.2) is 5.13 Å². The van der Waals surface area contributed by atoms with E-state index in [2.05, 4.69) is 42.0 Å². The maximum atomic E-state index is 12.9. The second-order valence-corrected chi connectivity index (χ2v) is 11.3. The number of aromatic nitrogens is 1. The maximum Gasteiger partial charge on any atom is 0.240 e. The van der Waals surface area contributed by atoms with Crippen LogP contribution in [0.25, 0.3) is 0 Å². The molecule has 0 radical (unpaired) electrons. The zero-order valence-corrected chi connectivity index (χ0v) is 22.4. The minimum absolute atomic E-state index is 0.0250. The molecule has 1 saturated heterocycles. The number of thiazole rings is 1. The maximum absolute atomic E-state index is 12.9. The van der Waals surface area contributed by atoms with Crippen molar-refractivity contribution in [1.29, 1.82) is 0 Å². The Labute approximate surface area is 216 Å². The van der Waals surface area contributed by atoms with Gasteiger partial charge in [-0.2, -0.15) is 0 Å². The Balaban J connectivity index is 1.36. The molecule has 35 heavy (non-hydrogen) atoms. The molecule has 1 aliphatic rings. The van der Waals surface area contributed by atoms with E-state index < -0.39 is 0 Å². The first-order chi connectivity index (χ1) is 16.7. The van der Waals surface area contributed by atoms with Crippen molar-refractivity contribution < 1.29 is 9.53 Å². The Kier molecular flexibility index (Phi) is 7.99. The molecule has 1 aliphatic heterocycles. The monoisotopic (exact) mass is 512 g/mol. The summed E-state index contributed by atoms with van der Waals surface area (Å²) in [5.41, 5.74) is 3.19. The van der Waals surface area contributed by atoms with Gasteiger partial charge in [-0.15, -0.1) is 11.3 Å². The number of anilines is 2. The summed E-state index contributed by atoms with van der Waals surface area (Å²) < 4.78 is 5.50. The summed E-state index contributed by atoms with van der Waals surface area (Å²) in [4.78, 5) is 23.4. The standard InChI is InChI=1S/C27H33ClN4O2S/c1-27(2,3)25-23(17-19-9-11-20(28)12-10-19)35-26(30-25)29-24(33)18-31-13-15-32(16-14-31)21-7-5-6-8-22(21)34-4/h5-12H,13-18H2,1-4H3,(H,29,30,33). The van der Waals surface area contributed by atoms with E-state index >= 15 is 0 Å². The van der Waals surface area contributed by atoms with E-state index in [4.69, 9.17) is 21.3 Å². The minimum atomic E-state index is -0.115. The quantitative estimate of drug-likeness (QED) is 0.456. The molecule has 1 aromatic heterocycles. The molecule has 3 aromatic rings. The van der Waals surface area contributed by atoms with Crippen molar-refractivity contribution in [3.05, 3.63) is 69.7 Å². The lowest BCUT2D eigenvalue weighted by atomic mass is 9.90. The van der Waals surface area contributed by atoms with Gasteiger partial charge < -0.3 is 15.0 Å². The normalized spacial score (nSPS) is 14.7. The third-order valence-electron chi connectivity index (χ3n) is 6.10. The molecule has 0 saturated carbocycles. The summed E-state index contributed by atoms with van der Waals surface area (Å²) in [7, 11) is 1.70. The topological polar surface area (TPSA) is 57.7 Å². The highest BCUT2D eigenvalue weighted by Gasteiger charge is 2.25. The number of methoxy groups -OCH3 is 1. The molecule has 0 bridgehead atoms. The highest BCUT2D eigenvalue weighted by atomic mass is 35.5. The van der Waals surface area contributed by atoms with Crippen molar-refractivity contribution >= 4 is 39.7 Å². The van der Waals surface area contributed by atoms with E-state index in [1.807, 2.05) is 42.5 Å². The van der Waals surface area contributed by atoms with Gasteiger partial charge in [-0.25, -0.2) is 4.98 Å². The van der Waals surface area contributed by atoms with Gasteiger partial charge in [-0.3, -0.25) is 9.69 Å². The number of rotatable bonds is 7. The van der Waals surface area contributed by atoms with Gasteiger partial charge in [0.05, 0.1) is 25.0 Å². The van der Waals surface area contributed by atoms with Crippen molar-refractivity contribution in [3.63, 3.8) is 0 Å². The van der Waals surface area contributed by atoms with Crippen LogP contribution < -0.4 is 15.0 Å². The van der Waals surface area contributed by atoms with Crippen LogP contribution in [-0.2, 0) is 16.6 Å². The molecule has 6 nitrogen and oxygen atoms in total. The van der Waals surface area contributed by atoms with Crippen molar-refractivity contribution in [2.24, 2.45) is 0 Å². The van der Waals surface area contributed by atoms with Crippen LogP contribution in [-0.4, -0.2) is 55.6 Å². The lowest BCUT2D eigenvalue weighted by Crippen LogP contribution is -2.48. The summed E-state index contributed by atoms with van der Waals surface area (Å²) in [6, 6.07) is 16.0. The highest BCUT2D eigenvalue weighted by molar-refractivity contribution is 7.15. The number of benzene rings is 2. The van der Waals surface area contributed by atoms with Crippen LogP contribution in [0.15, 0.2) is 48.5 Å². The number of carbonyl (C=O) groups excluding carboxylic acids is 1. The molecule has 4 rings (SSSR count). The number of piperazine rings is 1. The number of hydrogen-bond acceptors (Lipinski definition) is 6. The van der Waals surface area contributed by atoms with Crippen LogP contribution in [0.1, 0.15) is 36.9 Å². The number of carbonyl (C=O) groups is 1. The summed E-state index contributed by atoms with van der Waals surface area (Å²) >= 11 is 7.60. The van der Waals surface area contributed by atoms with Crippen LogP contribution >= 0.6 is 22.9 Å². The zero-order valence-electron chi connectivity index (χ0n) is 20.8. The van der Waals surface area contributed by atoms with Gasteiger partial charge in [-0.05, 0) is 29.8 Å². The zero-order chi connectivity index (χ0) is 25.0. The summed E-state index contributed by atoms with van der Waals surface area (Å²) in [5.74, 6) is 0.856. The molecule has 0 atom stereocenters. The van der Waals surface area contributed by atoms with Crippen LogP contribution in [0.2, 0.25) is 5.02 Å². The SMILES string of the molecule is COc1ccccc1N1CCN(CC(=O)Nc2nc(C(C)(C)C)c(Cc3ccc(Cl)cc3)s2)CC1. The Morgan fingerprint density at radius 3 is 2.43 bits per heavy atom. The van der Waals surface area contributed by atoms with Crippen molar-refractivity contribution in [1.82, 2.24) is 9.88 Å². The minimum Gasteiger partial charge on any atom is -0.495 e. The van der Waals surface area contributed by atoms with Crippen LogP contribution in [0, 0.1) is 0 Å². The third kappa shape index (κ3) is 6.54. The van der Waals surface area contributed by atoms with Gasteiger partial charge >= 0.3 is 0 Å². The van der Waals surface area contributed by atoms with E-state index in [0.717, 1.165) is 54.8 Å². The first-order valence-electron chi connectivity index (χ1n) is 11.9. The second kappa shape index (κ2) is 11.0. The predicted molar refractivity (Wildman–Crippen MR) is 145 cm³/mol. The highest BCUT2D eigenvalue weighted by Crippen LogP contribution is 2.34. The van der Waals surface area contributed by atoms with Crippen LogP contribution in [0.4, 0.5) is 10.8 Å². The Morgan fingerprint density at radius 2 is 1.77 bits per heavy atom. The molecule has 0 spiro atoms. The number of amides is 1. The van der Waals surface area contributed by atoms with E-state index in [1.165, 1.54) is 10.4 Å². The number of nitrogens with zero attached hydrogens (tertiary/aromatic N) is 3. The Bertz CT molecular complexity index is 1150. The van der Waals surface area contributed by atoms with Crippen LogP contribution in [0.3, 0.4) is 0 Å². The summed E-state index contributed by atoms with van der Waals surface area (Å²) in [6.45, 7) is 10.2. The lowest BCUT2D eigenvalue weighted by molar-refractivity contribution is -0.117. The molecule has 1 fully saturated rings. The molecule has 0 aliphatic carbocycles. The van der Waals surface area contributed by atoms with E-state index in [9.17, 15) is 4.79 Å². The molecule has 2 aromatic carbocycles. The van der Waals surface area contributed by atoms with E-state index in [1.54, 1.807) is 18.4 Å². The van der Waals surface area contributed by atoms with Gasteiger partial charge in [0, 0.05) is 47.9 Å². The van der Waals surface area contributed by atoms with E-state index in [-0.39, 0.29) is 11.3 Å². The van der Waals surface area contributed by atoms with Gasteiger partial charge in [0.1, 0.15) is 5.75 Å². The number of halogens is 1. The summed E-state index contributed by atoms with van der Waals surface area (Å²) in [5, 5.41) is 4.44. The fourth-order valence-electron chi connectivity index (χ4n) is 4.30. The largest absolute Gasteiger partial charge is 0.495 e. The van der Waals surface area contributed by atoms with Crippen molar-refractivity contribution in [3.8, 4) is 5.75 Å². The first-order valence-corrected chi connectivity index (χ1v) is 13.1. The molecule has 0 unspecified atom stereocenters. The van der Waals surface area contributed by atoms with Gasteiger partial charge in [0.25, 0.3) is 0 Å². The third-order valence-corrected chi connectivity index (χ3v) is 7.32. The molecular formula is C27H33ClN4O2S. The second-order valence-electron chi connectivity index (χ2n) is 9.83. The molecular weight excluding hydrogens is 480 g/mol.